The number of rotatable bonds is 1. The minimum absolute atomic E-state index is 0.112. The summed E-state index contributed by atoms with van der Waals surface area (Å²) in [5.74, 6) is -5.40. The van der Waals surface area contributed by atoms with Crippen LogP contribution in [0.3, 0.4) is 0 Å². The molecule has 8 heteroatoms. The van der Waals surface area contributed by atoms with E-state index in [2.05, 4.69) is 0 Å². The Hall–Kier alpha value is -3.42. The summed E-state index contributed by atoms with van der Waals surface area (Å²) in [5.41, 5.74) is 2.23. The van der Waals surface area contributed by atoms with Crippen LogP contribution in [0.25, 0.3) is 5.57 Å². The molecule has 0 aromatic heterocycles. The molecule has 3 aliphatic rings. The number of hydrogen-bond acceptors (Lipinski definition) is 3. The molecule has 5 rings (SSSR count). The molecule has 0 spiro atoms. The molecule has 1 saturated heterocycles. The maximum Gasteiger partial charge on any atom is 0.471 e. The van der Waals surface area contributed by atoms with E-state index < -0.39 is 41.8 Å². The number of allylic oxidation sites excluding steroid dienone is 1. The standard InChI is InChI=1S/C24H19F3N2O3/c1-12-13(2)18-19(22(31)28(21(18)30)14-8-4-3-5-9-14)20-17(12)15-10-6-7-11-16(15)29(20)23(32)24(25,26)27/h3-11,13,18-20H,1-2H3/t13-,18-,19-,20?/m0/s1. The maximum atomic E-state index is 13.6. The summed E-state index contributed by atoms with van der Waals surface area (Å²) >= 11 is 0. The summed E-state index contributed by atoms with van der Waals surface area (Å²) in [4.78, 5) is 41.3. The van der Waals surface area contributed by atoms with Gasteiger partial charge in [0.25, 0.3) is 0 Å². The second-order valence-corrected chi connectivity index (χ2v) is 8.42. The van der Waals surface area contributed by atoms with E-state index in [9.17, 15) is 27.6 Å². The monoisotopic (exact) mass is 440 g/mol. The zero-order valence-corrected chi connectivity index (χ0v) is 17.3. The van der Waals surface area contributed by atoms with E-state index >= 15 is 0 Å². The van der Waals surface area contributed by atoms with Gasteiger partial charge in [0, 0.05) is 5.56 Å². The number of para-hydroxylation sites is 2. The van der Waals surface area contributed by atoms with Gasteiger partial charge in [0.2, 0.25) is 11.8 Å². The van der Waals surface area contributed by atoms with Crippen LogP contribution in [0.5, 0.6) is 0 Å². The molecule has 3 amide bonds. The summed E-state index contributed by atoms with van der Waals surface area (Å²) in [6.45, 7) is 3.58. The van der Waals surface area contributed by atoms with Gasteiger partial charge in [-0.05, 0) is 36.6 Å². The van der Waals surface area contributed by atoms with Crippen molar-refractivity contribution in [3.8, 4) is 0 Å². The van der Waals surface area contributed by atoms with Gasteiger partial charge in [0.15, 0.2) is 0 Å². The van der Waals surface area contributed by atoms with E-state index in [4.69, 9.17) is 0 Å². The third-order valence-electron chi connectivity index (χ3n) is 6.89. The quantitative estimate of drug-likeness (QED) is 0.625. The van der Waals surface area contributed by atoms with Gasteiger partial charge in [-0.2, -0.15) is 13.2 Å². The van der Waals surface area contributed by atoms with Gasteiger partial charge in [0.1, 0.15) is 0 Å². The number of imide groups is 1. The van der Waals surface area contributed by atoms with Crippen molar-refractivity contribution in [3.63, 3.8) is 0 Å². The molecule has 2 aliphatic heterocycles. The van der Waals surface area contributed by atoms with E-state index in [1.165, 1.54) is 6.07 Å². The Morgan fingerprint density at radius 2 is 1.50 bits per heavy atom. The Labute approximate surface area is 182 Å². The van der Waals surface area contributed by atoms with Crippen LogP contribution < -0.4 is 9.80 Å². The predicted octanol–water partition coefficient (Wildman–Crippen LogP) is 4.19. The Morgan fingerprint density at radius 1 is 0.906 bits per heavy atom. The van der Waals surface area contributed by atoms with Crippen LogP contribution in [-0.2, 0) is 14.4 Å². The average Bonchev–Trinajstić information content (AvgIpc) is 3.23. The highest BCUT2D eigenvalue weighted by atomic mass is 19.4. The number of amides is 3. The first kappa shape index (κ1) is 20.5. The van der Waals surface area contributed by atoms with Crippen molar-refractivity contribution in [1.29, 1.82) is 0 Å². The zero-order valence-electron chi connectivity index (χ0n) is 17.3. The normalized spacial score (nSPS) is 26.9. The van der Waals surface area contributed by atoms with Crippen molar-refractivity contribution in [2.24, 2.45) is 17.8 Å². The lowest BCUT2D eigenvalue weighted by Crippen LogP contribution is -2.53. The van der Waals surface area contributed by atoms with Crippen molar-refractivity contribution in [3.05, 3.63) is 65.7 Å². The zero-order chi connectivity index (χ0) is 22.9. The molecule has 4 atom stereocenters. The summed E-state index contributed by atoms with van der Waals surface area (Å²) in [6, 6.07) is 13.5. The van der Waals surface area contributed by atoms with Crippen LogP contribution in [0, 0.1) is 17.8 Å². The number of anilines is 2. The fourth-order valence-electron chi connectivity index (χ4n) is 5.42. The average molecular weight is 440 g/mol. The molecule has 0 N–H and O–H groups in total. The largest absolute Gasteiger partial charge is 0.471 e. The number of halogens is 3. The fourth-order valence-corrected chi connectivity index (χ4v) is 5.42. The molecule has 5 nitrogen and oxygen atoms in total. The van der Waals surface area contributed by atoms with Crippen molar-refractivity contribution < 1.29 is 27.6 Å². The lowest BCUT2D eigenvalue weighted by atomic mass is 9.68. The Kier molecular flexibility index (Phi) is 4.34. The van der Waals surface area contributed by atoms with Gasteiger partial charge in [-0.15, -0.1) is 0 Å². The molecule has 0 radical (unpaired) electrons. The van der Waals surface area contributed by atoms with Crippen molar-refractivity contribution >= 4 is 34.7 Å². The predicted molar refractivity (Wildman–Crippen MR) is 111 cm³/mol. The van der Waals surface area contributed by atoms with E-state index in [-0.39, 0.29) is 11.6 Å². The van der Waals surface area contributed by atoms with Crippen LogP contribution in [0.4, 0.5) is 24.5 Å². The third kappa shape index (κ3) is 2.61. The maximum absolute atomic E-state index is 13.6. The minimum atomic E-state index is -5.13. The van der Waals surface area contributed by atoms with Crippen LogP contribution in [0.1, 0.15) is 19.4 Å². The molecule has 2 aromatic rings. The SMILES string of the molecule is CC1=C2c3ccccc3N(C(=O)C(F)(F)F)C2[C@H]2C(=O)N(c3ccccc3)C(=O)[C@H]2[C@H]1C. The Morgan fingerprint density at radius 3 is 2.16 bits per heavy atom. The van der Waals surface area contributed by atoms with E-state index in [0.29, 0.717) is 21.7 Å². The number of carbonyl (C=O) groups excluding carboxylic acids is 3. The lowest BCUT2D eigenvalue weighted by Gasteiger charge is -2.38. The second-order valence-electron chi connectivity index (χ2n) is 8.42. The highest BCUT2D eigenvalue weighted by molar-refractivity contribution is 6.24. The fraction of sp³-hybridized carbons (Fsp3) is 0.292. The molecule has 164 valence electrons. The minimum Gasteiger partial charge on any atom is -0.296 e. The van der Waals surface area contributed by atoms with Crippen LogP contribution in [-0.4, -0.2) is 29.9 Å². The van der Waals surface area contributed by atoms with Gasteiger partial charge in [0.05, 0.1) is 29.3 Å². The number of fused-ring (bicyclic) bond motifs is 5. The summed E-state index contributed by atoms with van der Waals surface area (Å²) in [5, 5.41) is 0. The molecule has 32 heavy (non-hydrogen) atoms. The van der Waals surface area contributed by atoms with Crippen LogP contribution >= 0.6 is 0 Å². The molecule has 1 unspecified atom stereocenters. The molecule has 2 aromatic carbocycles. The van der Waals surface area contributed by atoms with E-state index in [1.54, 1.807) is 55.5 Å². The van der Waals surface area contributed by atoms with Crippen molar-refractivity contribution in [2.75, 3.05) is 9.80 Å². The molecule has 0 saturated carbocycles. The molecular weight excluding hydrogens is 421 g/mol. The topological polar surface area (TPSA) is 57.7 Å². The first-order valence-electron chi connectivity index (χ1n) is 10.3. The van der Waals surface area contributed by atoms with Crippen molar-refractivity contribution in [1.82, 2.24) is 0 Å². The number of benzene rings is 2. The van der Waals surface area contributed by atoms with Gasteiger partial charge >= 0.3 is 12.1 Å². The molecule has 2 heterocycles. The summed E-state index contributed by atoms with van der Waals surface area (Å²) < 4.78 is 40.9. The van der Waals surface area contributed by atoms with Crippen molar-refractivity contribution in [2.45, 2.75) is 26.1 Å². The van der Waals surface area contributed by atoms with Gasteiger partial charge in [-0.25, -0.2) is 4.90 Å². The van der Waals surface area contributed by atoms with Crippen LogP contribution in [0.15, 0.2) is 60.2 Å². The first-order chi connectivity index (χ1) is 15.1. The number of alkyl halides is 3. The van der Waals surface area contributed by atoms with Gasteiger partial charge in [-0.1, -0.05) is 48.9 Å². The summed E-state index contributed by atoms with van der Waals surface area (Å²) in [7, 11) is 0. The smallest absolute Gasteiger partial charge is 0.296 e. The van der Waals surface area contributed by atoms with Crippen LogP contribution in [0.2, 0.25) is 0 Å². The second kappa shape index (κ2) is 6.79. The van der Waals surface area contributed by atoms with Gasteiger partial charge in [-0.3, -0.25) is 19.3 Å². The molecule has 1 fully saturated rings. The van der Waals surface area contributed by atoms with E-state index in [0.717, 1.165) is 10.5 Å². The number of hydrogen-bond donors (Lipinski definition) is 0. The van der Waals surface area contributed by atoms with E-state index in [1.807, 2.05) is 6.92 Å². The molecule has 1 aliphatic carbocycles. The third-order valence-corrected chi connectivity index (χ3v) is 6.89. The number of carbonyl (C=O) groups is 3. The molecular formula is C24H19F3N2O3. The highest BCUT2D eigenvalue weighted by Gasteiger charge is 2.63. The molecule has 0 bridgehead atoms. The Bertz CT molecular complexity index is 1190. The highest BCUT2D eigenvalue weighted by Crippen LogP contribution is 2.56. The first-order valence-corrected chi connectivity index (χ1v) is 10.3. The van der Waals surface area contributed by atoms with Gasteiger partial charge < -0.3 is 0 Å². The lowest BCUT2D eigenvalue weighted by molar-refractivity contribution is -0.171. The summed E-state index contributed by atoms with van der Waals surface area (Å²) in [6.07, 6.45) is -5.13. The number of nitrogens with zero attached hydrogens (tertiary/aromatic N) is 2. The Balaban J connectivity index is 1.72.